The van der Waals surface area contributed by atoms with Gasteiger partial charge in [0.15, 0.2) is 0 Å². The second-order valence-corrected chi connectivity index (χ2v) is 6.05. The van der Waals surface area contributed by atoms with E-state index in [0.717, 1.165) is 11.8 Å². The second kappa shape index (κ2) is 5.83. The van der Waals surface area contributed by atoms with Gasteiger partial charge in [-0.3, -0.25) is 0 Å². The van der Waals surface area contributed by atoms with Gasteiger partial charge >= 0.3 is 0 Å². The summed E-state index contributed by atoms with van der Waals surface area (Å²) in [4.78, 5) is 1.53. The topological polar surface area (TPSA) is 12.0 Å². The summed E-state index contributed by atoms with van der Waals surface area (Å²) in [6.07, 6.45) is 5.47. The van der Waals surface area contributed by atoms with Gasteiger partial charge < -0.3 is 5.32 Å². The molecule has 2 rings (SSSR count). The molecule has 0 aromatic carbocycles. The lowest BCUT2D eigenvalue weighted by molar-refractivity contribution is 0.444. The molecule has 90 valence electrons. The predicted molar refractivity (Wildman–Crippen MR) is 72.3 cm³/mol. The first-order chi connectivity index (χ1) is 7.83. The zero-order valence-electron chi connectivity index (χ0n) is 10.5. The van der Waals surface area contributed by atoms with Crippen LogP contribution in [0, 0.1) is 12.8 Å². The summed E-state index contributed by atoms with van der Waals surface area (Å²) in [6.45, 7) is 6.90. The summed E-state index contributed by atoms with van der Waals surface area (Å²) in [5.41, 5.74) is 1.63. The third-order valence-electron chi connectivity index (χ3n) is 3.79. The average Bonchev–Trinajstić information content (AvgIpc) is 2.87. The highest BCUT2D eigenvalue weighted by atomic mass is 32.1. The maximum Gasteiger partial charge on any atom is 0.00491 e. The highest BCUT2D eigenvalue weighted by Gasteiger charge is 2.29. The standard InChI is InChI=1S/C14H23NS/c1-3-8-15-10-12-5-4-6-14(12)13-7-9-16-11(13)2/h7,9,12,14-15H,3-6,8,10H2,1-2H3. The zero-order valence-corrected chi connectivity index (χ0v) is 11.3. The van der Waals surface area contributed by atoms with Crippen molar-refractivity contribution < 1.29 is 0 Å². The smallest absolute Gasteiger partial charge is 0.00491 e. The highest BCUT2D eigenvalue weighted by Crippen LogP contribution is 2.41. The Bertz CT molecular complexity index is 318. The molecule has 1 aromatic rings. The van der Waals surface area contributed by atoms with E-state index in [4.69, 9.17) is 0 Å². The molecule has 1 N–H and O–H groups in total. The molecule has 0 saturated heterocycles. The van der Waals surface area contributed by atoms with Gasteiger partial charge in [0.2, 0.25) is 0 Å². The van der Waals surface area contributed by atoms with Crippen molar-refractivity contribution in [1.29, 1.82) is 0 Å². The Morgan fingerprint density at radius 2 is 2.31 bits per heavy atom. The van der Waals surface area contributed by atoms with E-state index in [0.29, 0.717) is 0 Å². The van der Waals surface area contributed by atoms with Crippen LogP contribution in [0.4, 0.5) is 0 Å². The van der Waals surface area contributed by atoms with E-state index in [-0.39, 0.29) is 0 Å². The monoisotopic (exact) mass is 237 g/mol. The third-order valence-corrected chi connectivity index (χ3v) is 4.65. The van der Waals surface area contributed by atoms with Crippen molar-refractivity contribution in [1.82, 2.24) is 5.32 Å². The molecule has 1 aliphatic rings. The van der Waals surface area contributed by atoms with E-state index in [1.165, 1.54) is 43.6 Å². The maximum atomic E-state index is 3.59. The van der Waals surface area contributed by atoms with Crippen LogP contribution in [0.2, 0.25) is 0 Å². The number of thiophene rings is 1. The molecular formula is C14H23NS. The Balaban J connectivity index is 1.95. The fourth-order valence-corrected chi connectivity index (χ4v) is 3.71. The van der Waals surface area contributed by atoms with E-state index in [1.807, 2.05) is 11.3 Å². The first kappa shape index (κ1) is 12.1. The summed E-state index contributed by atoms with van der Waals surface area (Å²) in [5, 5.41) is 5.84. The third kappa shape index (κ3) is 2.67. The van der Waals surface area contributed by atoms with Crippen LogP contribution < -0.4 is 5.32 Å². The highest BCUT2D eigenvalue weighted by molar-refractivity contribution is 7.10. The van der Waals surface area contributed by atoms with Crippen molar-refractivity contribution in [3.05, 3.63) is 21.9 Å². The lowest BCUT2D eigenvalue weighted by atomic mass is 9.89. The normalized spacial score (nSPS) is 25.1. The van der Waals surface area contributed by atoms with Gasteiger partial charge in [-0.2, -0.15) is 0 Å². The summed E-state index contributed by atoms with van der Waals surface area (Å²) >= 11 is 1.90. The lowest BCUT2D eigenvalue weighted by Gasteiger charge is -2.20. The lowest BCUT2D eigenvalue weighted by Crippen LogP contribution is -2.25. The van der Waals surface area contributed by atoms with Gasteiger partial charge in [-0.1, -0.05) is 13.3 Å². The van der Waals surface area contributed by atoms with Gasteiger partial charge in [-0.25, -0.2) is 0 Å². The maximum absolute atomic E-state index is 3.59. The van der Waals surface area contributed by atoms with E-state index >= 15 is 0 Å². The van der Waals surface area contributed by atoms with Gasteiger partial charge in [0.1, 0.15) is 0 Å². The number of rotatable bonds is 5. The molecule has 0 aliphatic heterocycles. The van der Waals surface area contributed by atoms with Crippen molar-refractivity contribution in [2.24, 2.45) is 5.92 Å². The van der Waals surface area contributed by atoms with Gasteiger partial charge in [-0.15, -0.1) is 11.3 Å². The van der Waals surface area contributed by atoms with Crippen molar-refractivity contribution in [3.8, 4) is 0 Å². The summed E-state index contributed by atoms with van der Waals surface area (Å²) in [5.74, 6) is 1.70. The van der Waals surface area contributed by atoms with Crippen LogP contribution in [0.1, 0.15) is 49.0 Å². The minimum atomic E-state index is 0.829. The molecular weight excluding hydrogens is 214 g/mol. The SMILES string of the molecule is CCCNCC1CCCC1c1ccsc1C. The van der Waals surface area contributed by atoms with E-state index < -0.39 is 0 Å². The number of hydrogen-bond donors (Lipinski definition) is 1. The number of hydrogen-bond acceptors (Lipinski definition) is 2. The Morgan fingerprint density at radius 3 is 3.00 bits per heavy atom. The summed E-state index contributed by atoms with van der Waals surface area (Å²) in [7, 11) is 0. The molecule has 1 nitrogen and oxygen atoms in total. The van der Waals surface area contributed by atoms with Crippen molar-refractivity contribution in [2.45, 2.75) is 45.4 Å². The van der Waals surface area contributed by atoms with Crippen LogP contribution in [0.25, 0.3) is 0 Å². The van der Waals surface area contributed by atoms with E-state index in [1.54, 1.807) is 5.56 Å². The number of nitrogens with one attached hydrogen (secondary N) is 1. The van der Waals surface area contributed by atoms with Crippen LogP contribution in [0.5, 0.6) is 0 Å². The molecule has 0 radical (unpaired) electrons. The minimum absolute atomic E-state index is 0.829. The minimum Gasteiger partial charge on any atom is -0.316 e. The Kier molecular flexibility index (Phi) is 4.42. The first-order valence-corrected chi connectivity index (χ1v) is 7.45. The molecule has 1 aromatic heterocycles. The molecule has 0 bridgehead atoms. The number of aryl methyl sites for hydroxylation is 1. The molecule has 0 spiro atoms. The van der Waals surface area contributed by atoms with Gasteiger partial charge in [-0.05, 0) is 68.1 Å². The fourth-order valence-electron chi connectivity index (χ4n) is 2.93. The Hall–Kier alpha value is -0.340. The first-order valence-electron chi connectivity index (χ1n) is 6.57. The molecule has 16 heavy (non-hydrogen) atoms. The van der Waals surface area contributed by atoms with E-state index in [9.17, 15) is 0 Å². The second-order valence-electron chi connectivity index (χ2n) is 4.93. The fraction of sp³-hybridized carbons (Fsp3) is 0.714. The molecule has 2 atom stereocenters. The van der Waals surface area contributed by atoms with Crippen molar-refractivity contribution in [2.75, 3.05) is 13.1 Å². The van der Waals surface area contributed by atoms with Crippen LogP contribution >= 0.6 is 11.3 Å². The van der Waals surface area contributed by atoms with Gasteiger partial charge in [0.05, 0.1) is 0 Å². The molecule has 1 fully saturated rings. The summed E-state index contributed by atoms with van der Waals surface area (Å²) < 4.78 is 0. The Morgan fingerprint density at radius 1 is 1.44 bits per heavy atom. The van der Waals surface area contributed by atoms with Crippen LogP contribution in [-0.4, -0.2) is 13.1 Å². The predicted octanol–water partition coefficient (Wildman–Crippen LogP) is 3.94. The molecule has 0 amide bonds. The molecule has 2 unspecified atom stereocenters. The quantitative estimate of drug-likeness (QED) is 0.765. The molecule has 2 heteroatoms. The van der Waals surface area contributed by atoms with Crippen LogP contribution in [0.15, 0.2) is 11.4 Å². The van der Waals surface area contributed by atoms with E-state index in [2.05, 4.69) is 30.6 Å². The van der Waals surface area contributed by atoms with Crippen molar-refractivity contribution >= 4 is 11.3 Å². The summed E-state index contributed by atoms with van der Waals surface area (Å²) in [6, 6.07) is 2.35. The van der Waals surface area contributed by atoms with Crippen LogP contribution in [-0.2, 0) is 0 Å². The average molecular weight is 237 g/mol. The molecule has 1 heterocycles. The van der Waals surface area contributed by atoms with Gasteiger partial charge in [0, 0.05) is 4.88 Å². The van der Waals surface area contributed by atoms with Crippen LogP contribution in [0.3, 0.4) is 0 Å². The van der Waals surface area contributed by atoms with Gasteiger partial charge in [0.25, 0.3) is 0 Å². The van der Waals surface area contributed by atoms with Crippen molar-refractivity contribution in [3.63, 3.8) is 0 Å². The molecule has 1 aliphatic carbocycles. The molecule has 1 saturated carbocycles. The largest absolute Gasteiger partial charge is 0.316 e. The Labute approximate surface area is 103 Å². The zero-order chi connectivity index (χ0) is 11.4.